The summed E-state index contributed by atoms with van der Waals surface area (Å²) in [7, 11) is 5.79. The van der Waals surface area contributed by atoms with Crippen LogP contribution in [0.2, 0.25) is 0 Å². The molecule has 5 aromatic rings. The predicted molar refractivity (Wildman–Crippen MR) is 123 cm³/mol. The predicted octanol–water partition coefficient (Wildman–Crippen LogP) is 2.93. The lowest BCUT2D eigenvalue weighted by atomic mass is 10.0. The van der Waals surface area contributed by atoms with E-state index in [9.17, 15) is 4.79 Å². The van der Waals surface area contributed by atoms with Gasteiger partial charge in [-0.1, -0.05) is 36.4 Å². The van der Waals surface area contributed by atoms with Gasteiger partial charge in [0.25, 0.3) is 5.56 Å². The van der Waals surface area contributed by atoms with Gasteiger partial charge in [-0.25, -0.2) is 15.0 Å². The Morgan fingerprint density at radius 3 is 2.71 bits per heavy atom. The molecule has 8 heteroatoms. The Balaban J connectivity index is 1.70. The Morgan fingerprint density at radius 2 is 1.90 bits per heavy atom. The summed E-state index contributed by atoms with van der Waals surface area (Å²) in [6.45, 7) is 3.95. The number of imidazole rings is 1. The smallest absolute Gasteiger partial charge is 0.263 e. The van der Waals surface area contributed by atoms with Gasteiger partial charge in [-0.05, 0) is 43.0 Å². The van der Waals surface area contributed by atoms with E-state index in [2.05, 4.69) is 25.3 Å². The van der Waals surface area contributed by atoms with Crippen LogP contribution >= 0.6 is 0 Å². The summed E-state index contributed by atoms with van der Waals surface area (Å²) in [4.78, 5) is 29.3. The SMILES string of the molecule is [B]c1nc2ncnc(N[C@@H](C)c3cc4cccc(C)c4c(=O)n3-c3ccccc3)c2[nH]1. The monoisotopic (exact) mass is 406 g/mol. The average molecular weight is 406 g/mol. The van der Waals surface area contributed by atoms with E-state index in [1.54, 1.807) is 4.57 Å². The van der Waals surface area contributed by atoms with Crippen molar-refractivity contribution in [2.24, 2.45) is 0 Å². The van der Waals surface area contributed by atoms with Crippen LogP contribution in [0.25, 0.3) is 27.6 Å². The van der Waals surface area contributed by atoms with E-state index in [0.29, 0.717) is 22.4 Å². The Hall–Kier alpha value is -3.94. The van der Waals surface area contributed by atoms with Gasteiger partial charge in [-0.15, -0.1) is 0 Å². The fourth-order valence-electron chi connectivity index (χ4n) is 3.95. The molecule has 2 radical (unpaired) electrons. The van der Waals surface area contributed by atoms with Gasteiger partial charge < -0.3 is 10.3 Å². The van der Waals surface area contributed by atoms with Gasteiger partial charge >= 0.3 is 0 Å². The number of para-hydroxylation sites is 1. The Kier molecular flexibility index (Phi) is 4.54. The highest BCUT2D eigenvalue weighted by molar-refractivity contribution is 6.30. The first-order valence-electron chi connectivity index (χ1n) is 9.96. The van der Waals surface area contributed by atoms with E-state index in [1.807, 2.05) is 68.4 Å². The van der Waals surface area contributed by atoms with Crippen molar-refractivity contribution >= 4 is 41.3 Å². The van der Waals surface area contributed by atoms with Crippen LogP contribution < -0.4 is 16.6 Å². The molecule has 3 aromatic heterocycles. The summed E-state index contributed by atoms with van der Waals surface area (Å²) in [6, 6.07) is 17.3. The average Bonchev–Trinajstić information content (AvgIpc) is 3.15. The molecule has 0 amide bonds. The highest BCUT2D eigenvalue weighted by Crippen LogP contribution is 2.26. The fourth-order valence-corrected chi connectivity index (χ4v) is 3.95. The summed E-state index contributed by atoms with van der Waals surface area (Å²) in [5.41, 5.74) is 3.89. The van der Waals surface area contributed by atoms with Gasteiger partial charge in [-0.2, -0.15) is 0 Å². The number of pyridine rings is 1. The van der Waals surface area contributed by atoms with E-state index in [-0.39, 0.29) is 17.3 Å². The Labute approximate surface area is 179 Å². The molecule has 0 bridgehead atoms. The summed E-state index contributed by atoms with van der Waals surface area (Å²) < 4.78 is 1.76. The molecule has 3 heterocycles. The maximum atomic E-state index is 13.6. The van der Waals surface area contributed by atoms with E-state index < -0.39 is 0 Å². The van der Waals surface area contributed by atoms with Crippen LogP contribution in [0, 0.1) is 6.92 Å². The third kappa shape index (κ3) is 3.26. The number of anilines is 1. The molecule has 0 saturated heterocycles. The maximum absolute atomic E-state index is 13.6. The number of aromatic amines is 1. The molecule has 31 heavy (non-hydrogen) atoms. The molecular weight excluding hydrogens is 387 g/mol. The first-order chi connectivity index (χ1) is 15.0. The number of hydrogen-bond acceptors (Lipinski definition) is 5. The summed E-state index contributed by atoms with van der Waals surface area (Å²) in [6.07, 6.45) is 1.44. The third-order valence-electron chi connectivity index (χ3n) is 5.40. The molecule has 5 rings (SSSR count). The van der Waals surface area contributed by atoms with Crippen LogP contribution in [0.5, 0.6) is 0 Å². The number of rotatable bonds is 4. The van der Waals surface area contributed by atoms with Crippen molar-refractivity contribution in [2.75, 3.05) is 5.32 Å². The second kappa shape index (κ2) is 7.39. The van der Waals surface area contributed by atoms with Crippen LogP contribution in [-0.2, 0) is 0 Å². The van der Waals surface area contributed by atoms with Gasteiger partial charge in [0.1, 0.15) is 11.8 Å². The van der Waals surface area contributed by atoms with Crippen molar-refractivity contribution in [3.63, 3.8) is 0 Å². The molecular formula is C23H19BN6O. The maximum Gasteiger partial charge on any atom is 0.263 e. The second-order valence-electron chi connectivity index (χ2n) is 7.49. The molecule has 0 saturated carbocycles. The van der Waals surface area contributed by atoms with Crippen molar-refractivity contribution in [2.45, 2.75) is 19.9 Å². The summed E-state index contributed by atoms with van der Waals surface area (Å²) in [5, 5.41) is 5.01. The van der Waals surface area contributed by atoms with Crippen LogP contribution in [0.1, 0.15) is 24.2 Å². The molecule has 150 valence electrons. The zero-order valence-electron chi connectivity index (χ0n) is 17.1. The molecule has 0 aliphatic carbocycles. The van der Waals surface area contributed by atoms with Gasteiger partial charge in [-0.3, -0.25) is 9.36 Å². The molecule has 1 atom stereocenters. The number of aromatic nitrogens is 5. The number of aryl methyl sites for hydroxylation is 1. The Bertz CT molecular complexity index is 1470. The number of nitrogens with one attached hydrogen (secondary N) is 2. The molecule has 0 aliphatic heterocycles. The third-order valence-corrected chi connectivity index (χ3v) is 5.40. The second-order valence-corrected chi connectivity index (χ2v) is 7.49. The minimum absolute atomic E-state index is 0.0518. The van der Waals surface area contributed by atoms with Crippen LogP contribution in [0.15, 0.2) is 65.7 Å². The van der Waals surface area contributed by atoms with Gasteiger partial charge in [0.2, 0.25) is 0 Å². The molecule has 0 aliphatic rings. The number of H-pyrrole nitrogens is 1. The van der Waals surface area contributed by atoms with Crippen molar-refractivity contribution < 1.29 is 0 Å². The van der Waals surface area contributed by atoms with Crippen molar-refractivity contribution in [1.29, 1.82) is 0 Å². The normalized spacial score (nSPS) is 12.3. The van der Waals surface area contributed by atoms with Crippen molar-refractivity contribution in [3.8, 4) is 5.69 Å². The van der Waals surface area contributed by atoms with Crippen molar-refractivity contribution in [3.05, 3.63) is 82.5 Å². The molecule has 7 nitrogen and oxygen atoms in total. The minimum atomic E-state index is -0.250. The van der Waals surface area contributed by atoms with Gasteiger partial charge in [0, 0.05) is 11.4 Å². The van der Waals surface area contributed by atoms with E-state index in [1.165, 1.54) is 6.33 Å². The Morgan fingerprint density at radius 1 is 1.10 bits per heavy atom. The molecule has 2 aromatic carbocycles. The minimum Gasteiger partial charge on any atom is -0.360 e. The number of fused-ring (bicyclic) bond motifs is 2. The highest BCUT2D eigenvalue weighted by Gasteiger charge is 2.19. The number of hydrogen-bond donors (Lipinski definition) is 2. The lowest BCUT2D eigenvalue weighted by Gasteiger charge is -2.22. The van der Waals surface area contributed by atoms with Crippen molar-refractivity contribution in [1.82, 2.24) is 24.5 Å². The van der Waals surface area contributed by atoms with Gasteiger partial charge in [0.15, 0.2) is 19.3 Å². The van der Waals surface area contributed by atoms with Crippen LogP contribution in [-0.4, -0.2) is 32.3 Å². The zero-order chi connectivity index (χ0) is 21.5. The lowest BCUT2D eigenvalue weighted by Crippen LogP contribution is -2.26. The topological polar surface area (TPSA) is 88.5 Å². The van der Waals surface area contributed by atoms with E-state index in [4.69, 9.17) is 7.85 Å². The van der Waals surface area contributed by atoms with Gasteiger partial charge in [0.05, 0.1) is 17.2 Å². The molecule has 0 spiro atoms. The number of benzene rings is 2. The first-order valence-corrected chi connectivity index (χ1v) is 9.96. The summed E-state index contributed by atoms with van der Waals surface area (Å²) in [5.74, 6) is 0.568. The zero-order valence-corrected chi connectivity index (χ0v) is 17.1. The molecule has 0 fully saturated rings. The lowest BCUT2D eigenvalue weighted by molar-refractivity contribution is 0.774. The molecule has 0 unspecified atom stereocenters. The standard InChI is InChI=1S/C23H19BN6O/c1-13-7-6-8-15-11-17(30(22(31)18(13)15)16-9-4-3-5-10-16)14(2)27-20-19-21(26-12-25-20)29-23(24)28-19/h3-12,14H,1-2H3,(H2,25,26,27,28,29)/t14-/m0/s1. The quantitative estimate of drug-likeness (QED) is 0.448. The number of nitrogens with zero attached hydrogens (tertiary/aromatic N) is 4. The largest absolute Gasteiger partial charge is 0.360 e. The summed E-state index contributed by atoms with van der Waals surface area (Å²) >= 11 is 0. The molecule has 2 N–H and O–H groups in total. The van der Waals surface area contributed by atoms with E-state index >= 15 is 0 Å². The highest BCUT2D eigenvalue weighted by atomic mass is 16.1. The van der Waals surface area contributed by atoms with Crippen LogP contribution in [0.3, 0.4) is 0 Å². The van der Waals surface area contributed by atoms with Crippen LogP contribution in [0.4, 0.5) is 5.82 Å². The first kappa shape index (κ1) is 19.1. The van der Waals surface area contributed by atoms with E-state index in [0.717, 1.165) is 22.3 Å². The fraction of sp³-hybridized carbons (Fsp3) is 0.130.